The molecule has 0 amide bonds. The second-order valence-electron chi connectivity index (χ2n) is 11.1. The van der Waals surface area contributed by atoms with Crippen LogP contribution in [0.5, 0.6) is 0 Å². The van der Waals surface area contributed by atoms with Gasteiger partial charge in [0.2, 0.25) is 0 Å². The third-order valence-electron chi connectivity index (χ3n) is 6.81. The van der Waals surface area contributed by atoms with Gasteiger partial charge in [0, 0.05) is 6.92 Å². The summed E-state index contributed by atoms with van der Waals surface area (Å²) < 4.78 is 54.6. The zero-order valence-corrected chi connectivity index (χ0v) is 20.9. The van der Waals surface area contributed by atoms with Crippen molar-refractivity contribution in [2.75, 3.05) is 0 Å². The number of aliphatic hydroxyl groups excluding tert-OH is 1. The van der Waals surface area contributed by atoms with Gasteiger partial charge in [-0.1, -0.05) is 0 Å². The van der Waals surface area contributed by atoms with E-state index in [4.69, 9.17) is 42.6 Å². The van der Waals surface area contributed by atoms with Gasteiger partial charge in [-0.3, -0.25) is 4.79 Å². The predicted octanol–water partition coefficient (Wildman–Crippen LogP) is 0.983. The van der Waals surface area contributed by atoms with E-state index in [1.807, 2.05) is 6.92 Å². The first-order valence-electron chi connectivity index (χ1n) is 11.9. The lowest BCUT2D eigenvalue weighted by atomic mass is 9.86. The number of ether oxygens (including phenoxy) is 9. The molecule has 5 aliphatic rings. The fourth-order valence-electron chi connectivity index (χ4n) is 5.73. The van der Waals surface area contributed by atoms with Crippen molar-refractivity contribution in [3.63, 3.8) is 0 Å². The average Bonchev–Trinajstić information content (AvgIpc) is 3.30. The van der Waals surface area contributed by atoms with Gasteiger partial charge in [-0.15, -0.1) is 0 Å². The third-order valence-corrected chi connectivity index (χ3v) is 6.81. The maximum atomic E-state index is 12.2. The molecule has 11 nitrogen and oxygen atoms in total. The lowest BCUT2D eigenvalue weighted by Gasteiger charge is -2.46. The topological polar surface area (TPSA) is 120 Å². The average molecular weight is 489 g/mol. The Morgan fingerprint density at radius 2 is 1.26 bits per heavy atom. The van der Waals surface area contributed by atoms with Crippen molar-refractivity contribution in [1.82, 2.24) is 0 Å². The number of carbonyl (C=O) groups excluding carboxylic acids is 1. The smallest absolute Gasteiger partial charge is 0.303 e. The standard InChI is InChI=1S/C23H36O11/c1-9-12-14(30-21(3,4)29-12)11(25)13(26-9)15(27-10(2)24)16-17-18(32-22(5,6)31-17)19-20(28-16)34-23(7,8)33-19/h9,11-20,25H,1-8H3/t9-,11+,12+,13+,14-,15?,16+,17-,18-,19+,20+/m0/s1. The second-order valence-corrected chi connectivity index (χ2v) is 11.1. The maximum absolute atomic E-state index is 12.2. The number of aliphatic hydroxyl groups is 1. The first-order valence-corrected chi connectivity index (χ1v) is 11.9. The summed E-state index contributed by atoms with van der Waals surface area (Å²) in [6.07, 6.45) is -8.15. The van der Waals surface area contributed by atoms with E-state index in [-0.39, 0.29) is 0 Å². The van der Waals surface area contributed by atoms with Gasteiger partial charge in [0.05, 0.1) is 6.10 Å². The van der Waals surface area contributed by atoms with E-state index in [1.54, 1.807) is 41.5 Å². The Kier molecular flexibility index (Phi) is 5.87. The van der Waals surface area contributed by atoms with Crippen molar-refractivity contribution in [3.8, 4) is 0 Å². The third kappa shape index (κ3) is 4.29. The molecule has 0 aliphatic carbocycles. The van der Waals surface area contributed by atoms with E-state index in [2.05, 4.69) is 0 Å². The molecule has 1 N–H and O–H groups in total. The van der Waals surface area contributed by atoms with Crippen molar-refractivity contribution in [2.24, 2.45) is 0 Å². The second kappa shape index (κ2) is 8.06. The molecule has 0 aromatic rings. The minimum Gasteiger partial charge on any atom is -0.457 e. The summed E-state index contributed by atoms with van der Waals surface area (Å²) in [7, 11) is 0. The molecule has 0 bridgehead atoms. The van der Waals surface area contributed by atoms with Crippen LogP contribution in [0.1, 0.15) is 55.4 Å². The molecule has 5 fully saturated rings. The van der Waals surface area contributed by atoms with Crippen LogP contribution in [0.3, 0.4) is 0 Å². The van der Waals surface area contributed by atoms with Crippen LogP contribution < -0.4 is 0 Å². The lowest BCUT2D eigenvalue weighted by molar-refractivity contribution is -0.286. The Balaban J connectivity index is 1.47. The van der Waals surface area contributed by atoms with Gasteiger partial charge in [0.15, 0.2) is 29.8 Å². The summed E-state index contributed by atoms with van der Waals surface area (Å²) in [6.45, 7) is 13.9. The van der Waals surface area contributed by atoms with Gasteiger partial charge in [0.25, 0.3) is 0 Å². The Hall–Kier alpha value is -0.890. The molecule has 11 heteroatoms. The fourth-order valence-corrected chi connectivity index (χ4v) is 5.73. The summed E-state index contributed by atoms with van der Waals surface area (Å²) in [4.78, 5) is 12.2. The number of hydrogen-bond donors (Lipinski definition) is 1. The Bertz CT molecular complexity index is 813. The maximum Gasteiger partial charge on any atom is 0.303 e. The van der Waals surface area contributed by atoms with Crippen molar-refractivity contribution >= 4 is 5.97 Å². The number of hydrogen-bond acceptors (Lipinski definition) is 11. The molecule has 0 spiro atoms. The number of fused-ring (bicyclic) bond motifs is 4. The molecule has 0 aromatic heterocycles. The van der Waals surface area contributed by atoms with Crippen molar-refractivity contribution in [1.29, 1.82) is 0 Å². The molecule has 11 atom stereocenters. The SMILES string of the molecule is CC(=O)OC([C@H]1O[C@@H]2OC(C)(C)O[C@@H]2[C@H]2OC(C)(C)O[C@H]21)[C@@H]1O[C@@H](C)[C@H]2OC(C)(C)O[C@H]2[C@@H]1O. The highest BCUT2D eigenvalue weighted by molar-refractivity contribution is 5.66. The van der Waals surface area contributed by atoms with Crippen LogP contribution >= 0.6 is 0 Å². The lowest BCUT2D eigenvalue weighted by Crippen LogP contribution is -2.66. The number of carbonyl (C=O) groups is 1. The van der Waals surface area contributed by atoms with Crippen molar-refractivity contribution in [2.45, 2.75) is 140 Å². The summed E-state index contributed by atoms with van der Waals surface area (Å²) in [5.74, 6) is -3.26. The summed E-state index contributed by atoms with van der Waals surface area (Å²) in [5, 5.41) is 11.3. The van der Waals surface area contributed by atoms with Crippen LogP contribution in [0.25, 0.3) is 0 Å². The highest BCUT2D eigenvalue weighted by Gasteiger charge is 2.65. The van der Waals surface area contributed by atoms with Crippen molar-refractivity contribution < 1.29 is 52.5 Å². The van der Waals surface area contributed by atoms with E-state index in [0.717, 1.165) is 0 Å². The van der Waals surface area contributed by atoms with Gasteiger partial charge < -0.3 is 47.7 Å². The van der Waals surface area contributed by atoms with Gasteiger partial charge in [-0.05, 0) is 48.5 Å². The van der Waals surface area contributed by atoms with Crippen LogP contribution in [0.15, 0.2) is 0 Å². The van der Waals surface area contributed by atoms with E-state index in [9.17, 15) is 9.90 Å². The number of esters is 1. The zero-order chi connectivity index (χ0) is 24.8. The van der Waals surface area contributed by atoms with E-state index < -0.39 is 90.7 Å². The molecule has 194 valence electrons. The molecule has 0 aromatic carbocycles. The molecule has 1 unspecified atom stereocenters. The molecule has 5 heterocycles. The zero-order valence-electron chi connectivity index (χ0n) is 20.9. The summed E-state index contributed by atoms with van der Waals surface area (Å²) in [6, 6.07) is 0. The minimum atomic E-state index is -1.15. The van der Waals surface area contributed by atoms with Gasteiger partial charge in [0.1, 0.15) is 48.8 Å². The molecule has 34 heavy (non-hydrogen) atoms. The van der Waals surface area contributed by atoms with Gasteiger partial charge in [-0.2, -0.15) is 0 Å². The monoisotopic (exact) mass is 488 g/mol. The largest absolute Gasteiger partial charge is 0.457 e. The summed E-state index contributed by atoms with van der Waals surface area (Å²) in [5.41, 5.74) is 0. The predicted molar refractivity (Wildman–Crippen MR) is 112 cm³/mol. The molecule has 5 aliphatic heterocycles. The molecular formula is C23H36O11. The molecular weight excluding hydrogens is 452 g/mol. The van der Waals surface area contributed by atoms with E-state index in [0.29, 0.717) is 0 Å². The Labute approximate surface area is 199 Å². The molecule has 5 rings (SSSR count). The van der Waals surface area contributed by atoms with E-state index in [1.165, 1.54) is 6.92 Å². The Morgan fingerprint density at radius 3 is 1.91 bits per heavy atom. The van der Waals surface area contributed by atoms with Crippen LogP contribution in [0, 0.1) is 0 Å². The Morgan fingerprint density at radius 1 is 0.735 bits per heavy atom. The molecule has 0 saturated carbocycles. The fraction of sp³-hybridized carbons (Fsp3) is 0.957. The van der Waals surface area contributed by atoms with Crippen LogP contribution in [0.2, 0.25) is 0 Å². The molecule has 0 radical (unpaired) electrons. The highest BCUT2D eigenvalue weighted by Crippen LogP contribution is 2.47. The van der Waals surface area contributed by atoms with Gasteiger partial charge in [-0.25, -0.2) is 0 Å². The van der Waals surface area contributed by atoms with Crippen LogP contribution in [0.4, 0.5) is 0 Å². The van der Waals surface area contributed by atoms with Crippen molar-refractivity contribution in [3.05, 3.63) is 0 Å². The minimum absolute atomic E-state index is 0.437. The summed E-state index contributed by atoms with van der Waals surface area (Å²) >= 11 is 0. The molecule has 5 saturated heterocycles. The van der Waals surface area contributed by atoms with Gasteiger partial charge >= 0.3 is 5.97 Å². The highest BCUT2D eigenvalue weighted by atomic mass is 16.9. The number of rotatable bonds is 3. The first-order chi connectivity index (χ1) is 15.7. The van der Waals surface area contributed by atoms with Crippen LogP contribution in [-0.2, 0) is 47.4 Å². The normalized spacial score (nSPS) is 49.1. The van der Waals surface area contributed by atoms with Crippen LogP contribution in [-0.4, -0.2) is 95.8 Å². The first kappa shape index (κ1) is 24.8. The van der Waals surface area contributed by atoms with E-state index >= 15 is 0 Å². The quantitative estimate of drug-likeness (QED) is 0.573.